The van der Waals surface area contributed by atoms with Crippen molar-refractivity contribution in [3.8, 4) is 5.75 Å². The van der Waals surface area contributed by atoms with Gasteiger partial charge in [-0.1, -0.05) is 6.07 Å². The van der Waals surface area contributed by atoms with Gasteiger partial charge < -0.3 is 14.3 Å². The largest absolute Gasteiger partial charge is 0.487 e. The van der Waals surface area contributed by atoms with Gasteiger partial charge in [0.25, 0.3) is 0 Å². The molecule has 0 aliphatic carbocycles. The molecule has 0 saturated carbocycles. The Balaban J connectivity index is 1.99. The molecule has 1 aliphatic rings. The highest BCUT2D eigenvalue weighted by molar-refractivity contribution is 5.46. The molecule has 2 aromatic rings. The second-order valence-electron chi connectivity index (χ2n) is 6.56. The number of rotatable bonds is 2. The topological polar surface area (TPSA) is 42.6 Å². The predicted molar refractivity (Wildman–Crippen MR) is 81.8 cm³/mol. The molecule has 1 aromatic carbocycles. The summed E-state index contributed by atoms with van der Waals surface area (Å²) in [6, 6.07) is 5.95. The first-order valence-electron chi connectivity index (χ1n) is 7.35. The maximum Gasteiger partial charge on any atom is 0.123 e. The third-order valence-corrected chi connectivity index (χ3v) is 4.29. The number of benzene rings is 1. The first-order chi connectivity index (χ1) is 9.78. The van der Waals surface area contributed by atoms with Gasteiger partial charge in [0, 0.05) is 12.0 Å². The van der Waals surface area contributed by atoms with Crippen LogP contribution in [0.4, 0.5) is 0 Å². The van der Waals surface area contributed by atoms with E-state index in [0.717, 1.165) is 45.9 Å². The molecule has 1 N–H and O–H groups in total. The molecule has 3 rings (SSSR count). The molecule has 0 saturated heterocycles. The number of hydrogen-bond donors (Lipinski definition) is 1. The van der Waals surface area contributed by atoms with Gasteiger partial charge in [-0.3, -0.25) is 0 Å². The molecule has 21 heavy (non-hydrogen) atoms. The highest BCUT2D eigenvalue weighted by Gasteiger charge is 2.31. The zero-order valence-corrected chi connectivity index (χ0v) is 13.3. The number of ether oxygens (including phenoxy) is 1. The molecule has 0 radical (unpaired) electrons. The van der Waals surface area contributed by atoms with Crippen molar-refractivity contribution < 1.29 is 14.3 Å². The third-order valence-electron chi connectivity index (χ3n) is 4.29. The number of hydrogen-bond acceptors (Lipinski definition) is 3. The van der Waals surface area contributed by atoms with Gasteiger partial charge >= 0.3 is 0 Å². The molecule has 0 fully saturated rings. The Kier molecular flexibility index (Phi) is 3.14. The Labute approximate surface area is 125 Å². The zero-order valence-electron chi connectivity index (χ0n) is 13.3. The zero-order chi connectivity index (χ0) is 15.4. The lowest BCUT2D eigenvalue weighted by atomic mass is 9.94. The molecule has 0 bridgehead atoms. The minimum Gasteiger partial charge on any atom is -0.487 e. The lowest BCUT2D eigenvalue weighted by Crippen LogP contribution is -2.24. The minimum absolute atomic E-state index is 0.163. The molecular weight excluding hydrogens is 264 g/mol. The van der Waals surface area contributed by atoms with Crippen molar-refractivity contribution in [1.29, 1.82) is 0 Å². The summed E-state index contributed by atoms with van der Waals surface area (Å²) in [7, 11) is 0. The van der Waals surface area contributed by atoms with Gasteiger partial charge in [-0.15, -0.1) is 0 Å². The van der Waals surface area contributed by atoms with Crippen LogP contribution in [0.3, 0.4) is 0 Å². The Morgan fingerprint density at radius 3 is 2.48 bits per heavy atom. The van der Waals surface area contributed by atoms with Crippen molar-refractivity contribution in [2.45, 2.75) is 52.7 Å². The molecule has 1 aromatic heterocycles. The van der Waals surface area contributed by atoms with Crippen LogP contribution in [0.1, 0.15) is 53.7 Å². The summed E-state index contributed by atoms with van der Waals surface area (Å²) in [5.74, 6) is 2.58. The molecule has 3 nitrogen and oxygen atoms in total. The van der Waals surface area contributed by atoms with E-state index in [4.69, 9.17) is 9.15 Å². The van der Waals surface area contributed by atoms with Gasteiger partial charge in [0.1, 0.15) is 29.0 Å². The summed E-state index contributed by atoms with van der Waals surface area (Å²) < 4.78 is 11.5. The van der Waals surface area contributed by atoms with Gasteiger partial charge in [-0.25, -0.2) is 0 Å². The average molecular weight is 286 g/mol. The molecule has 0 amide bonds. The SMILES string of the molecule is Cc1oc(C)c(C(O)c2ccc3c(c2)CC(C)(C)O3)c1C. The monoisotopic (exact) mass is 286 g/mol. The van der Waals surface area contributed by atoms with Crippen molar-refractivity contribution in [2.24, 2.45) is 0 Å². The first kappa shape index (κ1) is 14.2. The standard InChI is InChI=1S/C18H22O3/c1-10-11(2)20-12(3)16(10)17(19)13-6-7-15-14(8-13)9-18(4,5)21-15/h6-8,17,19H,9H2,1-5H3. The van der Waals surface area contributed by atoms with E-state index in [-0.39, 0.29) is 5.60 Å². The van der Waals surface area contributed by atoms with Crippen LogP contribution >= 0.6 is 0 Å². The average Bonchev–Trinajstić information content (AvgIpc) is 2.83. The Morgan fingerprint density at radius 2 is 1.86 bits per heavy atom. The number of furan rings is 1. The van der Waals surface area contributed by atoms with E-state index in [1.165, 1.54) is 0 Å². The molecule has 2 heterocycles. The highest BCUT2D eigenvalue weighted by atomic mass is 16.5. The molecule has 0 spiro atoms. The smallest absolute Gasteiger partial charge is 0.123 e. The number of fused-ring (bicyclic) bond motifs is 1. The van der Waals surface area contributed by atoms with Crippen LogP contribution in [0.2, 0.25) is 0 Å². The van der Waals surface area contributed by atoms with E-state index in [1.807, 2.05) is 32.9 Å². The number of aliphatic hydroxyl groups excluding tert-OH is 1. The highest BCUT2D eigenvalue weighted by Crippen LogP contribution is 2.38. The van der Waals surface area contributed by atoms with Crippen LogP contribution in [-0.4, -0.2) is 10.7 Å². The normalized spacial score (nSPS) is 17.4. The number of aliphatic hydroxyl groups is 1. The van der Waals surface area contributed by atoms with Crippen molar-refractivity contribution in [3.05, 3.63) is 52.0 Å². The van der Waals surface area contributed by atoms with E-state index in [9.17, 15) is 5.11 Å². The lowest BCUT2D eigenvalue weighted by molar-refractivity contribution is 0.138. The van der Waals surface area contributed by atoms with Crippen LogP contribution in [0.5, 0.6) is 5.75 Å². The van der Waals surface area contributed by atoms with Gasteiger partial charge in [-0.2, -0.15) is 0 Å². The van der Waals surface area contributed by atoms with Crippen LogP contribution in [-0.2, 0) is 6.42 Å². The van der Waals surface area contributed by atoms with Crippen LogP contribution in [0, 0.1) is 20.8 Å². The van der Waals surface area contributed by atoms with Gasteiger partial charge in [-0.05, 0) is 63.4 Å². The number of aryl methyl sites for hydroxylation is 2. The van der Waals surface area contributed by atoms with E-state index < -0.39 is 6.10 Å². The second-order valence-corrected chi connectivity index (χ2v) is 6.56. The van der Waals surface area contributed by atoms with E-state index in [0.29, 0.717) is 0 Å². The summed E-state index contributed by atoms with van der Waals surface area (Å²) in [6.07, 6.45) is 0.210. The maximum atomic E-state index is 10.7. The predicted octanol–water partition coefficient (Wildman–Crippen LogP) is 4.00. The Bertz CT molecular complexity index is 695. The summed E-state index contributed by atoms with van der Waals surface area (Å²) in [5, 5.41) is 10.7. The molecule has 3 heteroatoms. The fraction of sp³-hybridized carbons (Fsp3) is 0.444. The van der Waals surface area contributed by atoms with Crippen LogP contribution in [0.15, 0.2) is 22.6 Å². The van der Waals surface area contributed by atoms with Gasteiger partial charge in [0.2, 0.25) is 0 Å². The quantitative estimate of drug-likeness (QED) is 0.907. The maximum absolute atomic E-state index is 10.7. The fourth-order valence-electron chi connectivity index (χ4n) is 3.18. The van der Waals surface area contributed by atoms with Crippen LogP contribution < -0.4 is 4.74 Å². The fourth-order valence-corrected chi connectivity index (χ4v) is 3.18. The minimum atomic E-state index is -0.656. The summed E-state index contributed by atoms with van der Waals surface area (Å²) in [6.45, 7) is 9.98. The van der Waals surface area contributed by atoms with Crippen molar-refractivity contribution in [2.75, 3.05) is 0 Å². The third kappa shape index (κ3) is 2.36. The summed E-state index contributed by atoms with van der Waals surface area (Å²) >= 11 is 0. The van der Waals surface area contributed by atoms with E-state index in [2.05, 4.69) is 19.9 Å². The Morgan fingerprint density at radius 1 is 1.14 bits per heavy atom. The Hall–Kier alpha value is -1.74. The van der Waals surface area contributed by atoms with Crippen molar-refractivity contribution >= 4 is 0 Å². The molecule has 1 unspecified atom stereocenters. The molecule has 1 atom stereocenters. The van der Waals surface area contributed by atoms with Crippen molar-refractivity contribution in [3.63, 3.8) is 0 Å². The molecule has 112 valence electrons. The summed E-state index contributed by atoms with van der Waals surface area (Å²) in [5.41, 5.74) is 3.79. The van der Waals surface area contributed by atoms with E-state index >= 15 is 0 Å². The van der Waals surface area contributed by atoms with Gasteiger partial charge in [0.15, 0.2) is 0 Å². The molecular formula is C18H22O3. The van der Waals surface area contributed by atoms with E-state index in [1.54, 1.807) is 0 Å². The first-order valence-corrected chi connectivity index (χ1v) is 7.35. The second kappa shape index (κ2) is 4.63. The molecule has 1 aliphatic heterocycles. The van der Waals surface area contributed by atoms with Crippen molar-refractivity contribution in [1.82, 2.24) is 0 Å². The van der Waals surface area contributed by atoms with Crippen LogP contribution in [0.25, 0.3) is 0 Å². The lowest BCUT2D eigenvalue weighted by Gasteiger charge is -2.16. The van der Waals surface area contributed by atoms with Gasteiger partial charge in [0.05, 0.1) is 0 Å². The summed E-state index contributed by atoms with van der Waals surface area (Å²) in [4.78, 5) is 0.